The molecule has 0 aliphatic carbocycles. The maximum Gasteiger partial charge on any atom is 0.246 e. The first kappa shape index (κ1) is 19.9. The number of carbonyl (C=O) groups excluding carboxylic acids is 1. The van der Waals surface area contributed by atoms with Crippen LogP contribution in [0.2, 0.25) is 0 Å². The highest BCUT2D eigenvalue weighted by molar-refractivity contribution is 7.89. The van der Waals surface area contributed by atoms with Crippen LogP contribution >= 0.6 is 0 Å². The first-order valence-electron chi connectivity index (χ1n) is 10.0. The Kier molecular flexibility index (Phi) is 4.86. The number of primary sulfonamides is 1. The summed E-state index contributed by atoms with van der Waals surface area (Å²) in [7, 11) is -3.81. The molecule has 7 nitrogen and oxygen atoms in total. The van der Waals surface area contributed by atoms with Gasteiger partial charge in [-0.25, -0.2) is 24.4 Å². The SMILES string of the molecule is NS(=O)(=O)c1ccc(N2C(=O)C3NNC(c4ccccc4)C3C2c2ccccc2)cc1. The van der Waals surface area contributed by atoms with Gasteiger partial charge < -0.3 is 4.90 Å². The molecule has 3 aromatic carbocycles. The van der Waals surface area contributed by atoms with Crippen LogP contribution in [0.4, 0.5) is 5.69 Å². The van der Waals surface area contributed by atoms with Gasteiger partial charge in [-0.05, 0) is 35.4 Å². The Morgan fingerprint density at radius 1 is 0.742 bits per heavy atom. The van der Waals surface area contributed by atoms with Crippen LogP contribution in [0.1, 0.15) is 23.2 Å². The van der Waals surface area contributed by atoms with E-state index < -0.39 is 16.1 Å². The van der Waals surface area contributed by atoms with Crippen molar-refractivity contribution in [2.45, 2.75) is 23.0 Å². The van der Waals surface area contributed by atoms with Gasteiger partial charge >= 0.3 is 0 Å². The summed E-state index contributed by atoms with van der Waals surface area (Å²) in [6, 6.07) is 25.4. The lowest BCUT2D eigenvalue weighted by atomic mass is 9.83. The van der Waals surface area contributed by atoms with E-state index >= 15 is 0 Å². The molecular weight excluding hydrogens is 412 g/mol. The molecule has 5 rings (SSSR count). The van der Waals surface area contributed by atoms with Crippen molar-refractivity contribution in [3.05, 3.63) is 96.1 Å². The van der Waals surface area contributed by atoms with E-state index in [9.17, 15) is 13.2 Å². The molecule has 4 unspecified atom stereocenters. The van der Waals surface area contributed by atoms with E-state index in [0.29, 0.717) is 5.69 Å². The number of carbonyl (C=O) groups is 1. The Morgan fingerprint density at radius 2 is 1.29 bits per heavy atom. The second-order valence-electron chi connectivity index (χ2n) is 7.83. The number of anilines is 1. The fraction of sp³-hybridized carbons (Fsp3) is 0.174. The second kappa shape index (κ2) is 7.58. The summed E-state index contributed by atoms with van der Waals surface area (Å²) >= 11 is 0. The van der Waals surface area contributed by atoms with Gasteiger partial charge in [0.05, 0.1) is 17.0 Å². The average Bonchev–Trinajstić information content (AvgIpc) is 3.33. The maximum absolute atomic E-state index is 13.5. The van der Waals surface area contributed by atoms with Crippen LogP contribution in [0.15, 0.2) is 89.8 Å². The number of fused-ring (bicyclic) bond motifs is 1. The van der Waals surface area contributed by atoms with Crippen LogP contribution in [0, 0.1) is 5.92 Å². The molecule has 158 valence electrons. The molecule has 31 heavy (non-hydrogen) atoms. The van der Waals surface area contributed by atoms with Gasteiger partial charge in [0, 0.05) is 11.6 Å². The van der Waals surface area contributed by atoms with Gasteiger partial charge in [0.15, 0.2) is 0 Å². The lowest BCUT2D eigenvalue weighted by Crippen LogP contribution is -2.41. The third kappa shape index (κ3) is 3.43. The number of benzene rings is 3. The number of amides is 1. The zero-order valence-electron chi connectivity index (χ0n) is 16.5. The summed E-state index contributed by atoms with van der Waals surface area (Å²) in [5, 5.41) is 5.24. The number of rotatable bonds is 4. The molecule has 2 aliphatic heterocycles. The fourth-order valence-electron chi connectivity index (χ4n) is 4.69. The molecule has 4 atom stereocenters. The number of nitrogens with two attached hydrogens (primary N) is 1. The van der Waals surface area contributed by atoms with Crippen LogP contribution < -0.4 is 20.9 Å². The molecule has 0 bridgehead atoms. The fourth-order valence-corrected chi connectivity index (χ4v) is 5.20. The number of nitrogens with one attached hydrogen (secondary N) is 2. The van der Waals surface area contributed by atoms with Crippen LogP contribution in [0.3, 0.4) is 0 Å². The van der Waals surface area contributed by atoms with Gasteiger partial charge in [-0.3, -0.25) is 4.79 Å². The minimum atomic E-state index is -3.81. The lowest BCUT2D eigenvalue weighted by molar-refractivity contribution is -0.119. The van der Waals surface area contributed by atoms with Crippen molar-refractivity contribution >= 4 is 21.6 Å². The normalized spacial score (nSPS) is 25.6. The molecule has 0 radical (unpaired) electrons. The summed E-state index contributed by atoms with van der Waals surface area (Å²) in [6.45, 7) is 0. The first-order chi connectivity index (χ1) is 14.9. The standard InChI is InChI=1S/C23H22N4O3S/c24-31(29,30)18-13-11-17(12-14-18)27-22(16-9-5-2-6-10-16)19-20(15-7-3-1-4-8-15)25-26-21(19)23(27)28/h1-14,19-22,25-26H,(H2,24,29,30). The van der Waals surface area contributed by atoms with Crippen LogP contribution in [-0.4, -0.2) is 20.4 Å². The molecule has 4 N–H and O–H groups in total. The molecule has 3 aromatic rings. The number of hydrogen-bond acceptors (Lipinski definition) is 5. The molecule has 1 amide bonds. The van der Waals surface area contributed by atoms with Crippen molar-refractivity contribution in [1.29, 1.82) is 0 Å². The van der Waals surface area contributed by atoms with Crippen molar-refractivity contribution in [1.82, 2.24) is 10.9 Å². The molecule has 2 fully saturated rings. The topological polar surface area (TPSA) is 105 Å². The van der Waals surface area contributed by atoms with Gasteiger partial charge in [0.25, 0.3) is 0 Å². The van der Waals surface area contributed by atoms with Gasteiger partial charge in [0.2, 0.25) is 15.9 Å². The molecule has 0 aromatic heterocycles. The average molecular weight is 435 g/mol. The molecule has 0 saturated carbocycles. The van der Waals surface area contributed by atoms with E-state index in [0.717, 1.165) is 11.1 Å². The van der Waals surface area contributed by atoms with E-state index in [1.165, 1.54) is 12.1 Å². The Labute approximate surface area is 180 Å². The third-order valence-electron chi connectivity index (χ3n) is 6.05. The summed E-state index contributed by atoms with van der Waals surface area (Å²) in [6.07, 6.45) is 0. The van der Waals surface area contributed by atoms with Crippen LogP contribution in [0.25, 0.3) is 0 Å². The third-order valence-corrected chi connectivity index (χ3v) is 6.98. The monoisotopic (exact) mass is 434 g/mol. The van der Waals surface area contributed by atoms with Crippen molar-refractivity contribution in [3.8, 4) is 0 Å². The van der Waals surface area contributed by atoms with Crippen molar-refractivity contribution in [2.75, 3.05) is 4.90 Å². The molecule has 2 saturated heterocycles. The summed E-state index contributed by atoms with van der Waals surface area (Å²) in [5.74, 6) is -0.122. The summed E-state index contributed by atoms with van der Waals surface area (Å²) in [4.78, 5) is 15.3. The lowest BCUT2D eigenvalue weighted by Gasteiger charge is -2.31. The second-order valence-corrected chi connectivity index (χ2v) is 9.40. The van der Waals surface area contributed by atoms with E-state index in [-0.39, 0.29) is 28.8 Å². The molecule has 0 spiro atoms. The largest absolute Gasteiger partial charge is 0.303 e. The van der Waals surface area contributed by atoms with Crippen LogP contribution in [0.5, 0.6) is 0 Å². The zero-order valence-corrected chi connectivity index (χ0v) is 17.4. The zero-order chi connectivity index (χ0) is 21.6. The first-order valence-corrected chi connectivity index (χ1v) is 11.6. The van der Waals surface area contributed by atoms with Gasteiger partial charge in [-0.2, -0.15) is 0 Å². The highest BCUT2D eigenvalue weighted by atomic mass is 32.2. The minimum Gasteiger partial charge on any atom is -0.303 e. The minimum absolute atomic E-state index is 0.0151. The van der Waals surface area contributed by atoms with Crippen LogP contribution in [-0.2, 0) is 14.8 Å². The molecule has 8 heteroatoms. The molecular formula is C23H22N4O3S. The highest BCUT2D eigenvalue weighted by Gasteiger charge is 2.55. The predicted octanol–water partition coefficient (Wildman–Crippen LogP) is 2.26. The number of nitrogens with zero attached hydrogens (tertiary/aromatic N) is 1. The summed E-state index contributed by atoms with van der Waals surface area (Å²) < 4.78 is 23.3. The van der Waals surface area contributed by atoms with Crippen molar-refractivity contribution < 1.29 is 13.2 Å². The van der Waals surface area contributed by atoms with Gasteiger partial charge in [-0.1, -0.05) is 60.7 Å². The smallest absolute Gasteiger partial charge is 0.246 e. The maximum atomic E-state index is 13.5. The van der Waals surface area contributed by atoms with Crippen molar-refractivity contribution in [2.24, 2.45) is 11.1 Å². The van der Waals surface area contributed by atoms with E-state index in [2.05, 4.69) is 23.0 Å². The molecule has 2 heterocycles. The molecule has 2 aliphatic rings. The Morgan fingerprint density at radius 3 is 1.87 bits per heavy atom. The van der Waals surface area contributed by atoms with E-state index in [1.54, 1.807) is 17.0 Å². The van der Waals surface area contributed by atoms with Gasteiger partial charge in [0.1, 0.15) is 6.04 Å². The van der Waals surface area contributed by atoms with Gasteiger partial charge in [-0.15, -0.1) is 0 Å². The van der Waals surface area contributed by atoms with Crippen molar-refractivity contribution in [3.63, 3.8) is 0 Å². The van der Waals surface area contributed by atoms with E-state index in [4.69, 9.17) is 5.14 Å². The predicted molar refractivity (Wildman–Crippen MR) is 117 cm³/mol. The Hall–Kier alpha value is -3.04. The quantitative estimate of drug-likeness (QED) is 0.584. The Balaban J connectivity index is 1.60. The highest BCUT2D eigenvalue weighted by Crippen LogP contribution is 2.48. The number of hydrazine groups is 1. The Bertz CT molecular complexity index is 1200. The van der Waals surface area contributed by atoms with E-state index in [1.807, 2.05) is 48.5 Å². The summed E-state index contributed by atoms with van der Waals surface area (Å²) in [5.41, 5.74) is 9.26. The number of hydrogen-bond donors (Lipinski definition) is 3. The number of sulfonamides is 1.